The van der Waals surface area contributed by atoms with Gasteiger partial charge in [-0.15, -0.1) is 0 Å². The van der Waals surface area contributed by atoms with Crippen molar-refractivity contribution in [2.45, 2.75) is 44.7 Å². The molecule has 0 aromatic carbocycles. The van der Waals surface area contributed by atoms with Gasteiger partial charge in [0.15, 0.2) is 0 Å². The van der Waals surface area contributed by atoms with Crippen molar-refractivity contribution >= 4 is 0 Å². The van der Waals surface area contributed by atoms with Crippen LogP contribution in [0.2, 0.25) is 0 Å². The summed E-state index contributed by atoms with van der Waals surface area (Å²) < 4.78 is 0. The fraction of sp³-hybridized carbons (Fsp3) is 0.688. The van der Waals surface area contributed by atoms with Crippen LogP contribution in [0.25, 0.3) is 0 Å². The van der Waals surface area contributed by atoms with Crippen molar-refractivity contribution in [1.29, 1.82) is 0 Å². The predicted molar refractivity (Wildman–Crippen MR) is 70.7 cm³/mol. The molecule has 0 unspecified atom stereocenters. The highest BCUT2D eigenvalue weighted by molar-refractivity contribution is 5.06. The van der Waals surface area contributed by atoms with Crippen molar-refractivity contribution in [3.8, 4) is 0 Å². The van der Waals surface area contributed by atoms with Gasteiger partial charge in [-0.05, 0) is 50.0 Å². The first-order chi connectivity index (χ1) is 8.88. The summed E-state index contributed by atoms with van der Waals surface area (Å²) in [5, 5.41) is 2.63. The van der Waals surface area contributed by atoms with Crippen LogP contribution in [0, 0.1) is 23.7 Å². The molecule has 4 aliphatic carbocycles. The number of quaternary nitrogens is 1. The molecule has 1 aromatic heterocycles. The maximum absolute atomic E-state index is 4.22. The van der Waals surface area contributed by atoms with E-state index < -0.39 is 0 Å². The lowest BCUT2D eigenvalue weighted by Crippen LogP contribution is -3.00. The smallest absolute Gasteiger partial charge is 0.103 e. The highest BCUT2D eigenvalue weighted by Gasteiger charge is 2.49. The molecule has 4 aliphatic rings. The van der Waals surface area contributed by atoms with Crippen LogP contribution < -0.4 is 17.7 Å². The summed E-state index contributed by atoms with van der Waals surface area (Å²) in [6.07, 6.45) is 11.6. The maximum atomic E-state index is 4.22. The first kappa shape index (κ1) is 13.4. The van der Waals surface area contributed by atoms with Crippen LogP contribution in [0.1, 0.15) is 37.7 Å². The number of hydrogen-bond donors (Lipinski definition) is 1. The monoisotopic (exact) mass is 278 g/mol. The molecule has 0 aliphatic heterocycles. The molecule has 104 valence electrons. The fourth-order valence-corrected chi connectivity index (χ4v) is 5.14. The van der Waals surface area contributed by atoms with Gasteiger partial charge in [0, 0.05) is 29.8 Å². The number of nitrogens with two attached hydrogens (primary N) is 1. The van der Waals surface area contributed by atoms with Crippen molar-refractivity contribution in [2.24, 2.45) is 23.7 Å². The number of rotatable bonds is 3. The van der Waals surface area contributed by atoms with Gasteiger partial charge in [-0.25, -0.2) is 0 Å². The molecule has 1 heterocycles. The van der Waals surface area contributed by atoms with E-state index in [1.807, 2.05) is 12.4 Å². The Morgan fingerprint density at radius 3 is 2.32 bits per heavy atom. The van der Waals surface area contributed by atoms with Gasteiger partial charge in [0.2, 0.25) is 0 Å². The molecule has 2 nitrogen and oxygen atoms in total. The number of pyridine rings is 1. The van der Waals surface area contributed by atoms with Crippen molar-refractivity contribution in [3.63, 3.8) is 0 Å². The molecule has 4 saturated carbocycles. The van der Waals surface area contributed by atoms with E-state index in [1.54, 1.807) is 6.42 Å². The molecule has 0 spiro atoms. The number of hydrogen-bond acceptors (Lipinski definition) is 1. The van der Waals surface area contributed by atoms with Crippen LogP contribution in [-0.4, -0.2) is 11.0 Å². The molecule has 4 bridgehead atoms. The zero-order valence-electron chi connectivity index (χ0n) is 11.3. The zero-order chi connectivity index (χ0) is 11.9. The van der Waals surface area contributed by atoms with Crippen LogP contribution in [0.5, 0.6) is 0 Å². The van der Waals surface area contributed by atoms with Gasteiger partial charge >= 0.3 is 0 Å². The normalized spacial score (nSPS) is 39.1. The Hall–Kier alpha value is -0.600. The Bertz CT molecular complexity index is 392. The summed E-state index contributed by atoms with van der Waals surface area (Å²) in [6.45, 7) is 1.13. The minimum Gasteiger partial charge on any atom is -1.00 e. The summed E-state index contributed by atoms with van der Waals surface area (Å²) in [4.78, 5) is 4.22. The van der Waals surface area contributed by atoms with E-state index in [9.17, 15) is 0 Å². The van der Waals surface area contributed by atoms with Crippen molar-refractivity contribution in [1.82, 2.24) is 4.98 Å². The average Bonchev–Trinajstić information content (AvgIpc) is 2.38. The fourth-order valence-electron chi connectivity index (χ4n) is 5.14. The van der Waals surface area contributed by atoms with Crippen LogP contribution in [0.4, 0.5) is 0 Å². The van der Waals surface area contributed by atoms with E-state index in [4.69, 9.17) is 0 Å². The number of nitrogens with zero attached hydrogens (tertiary/aromatic N) is 1. The lowest BCUT2D eigenvalue weighted by Gasteiger charge is -2.52. The summed E-state index contributed by atoms with van der Waals surface area (Å²) in [6, 6.07) is 5.18. The van der Waals surface area contributed by atoms with Gasteiger partial charge in [0.25, 0.3) is 0 Å². The number of halogens is 1. The first-order valence-corrected chi connectivity index (χ1v) is 7.60. The predicted octanol–water partition coefficient (Wildman–Crippen LogP) is -1.03. The van der Waals surface area contributed by atoms with E-state index in [0.29, 0.717) is 0 Å². The van der Waals surface area contributed by atoms with Gasteiger partial charge in [-0.1, -0.05) is 6.07 Å². The molecule has 4 fully saturated rings. The summed E-state index contributed by atoms with van der Waals surface area (Å²) in [7, 11) is 0. The van der Waals surface area contributed by atoms with E-state index in [0.717, 1.165) is 36.3 Å². The van der Waals surface area contributed by atoms with E-state index in [-0.39, 0.29) is 12.4 Å². The van der Waals surface area contributed by atoms with Crippen LogP contribution in [0.15, 0.2) is 24.5 Å². The lowest BCUT2D eigenvalue weighted by molar-refractivity contribution is -0.723. The largest absolute Gasteiger partial charge is 1.00 e. The number of aromatic nitrogens is 1. The van der Waals surface area contributed by atoms with Gasteiger partial charge < -0.3 is 17.7 Å². The molecule has 0 atom stereocenters. The highest BCUT2D eigenvalue weighted by Crippen LogP contribution is 2.52. The highest BCUT2D eigenvalue weighted by atomic mass is 35.5. The third-order valence-electron chi connectivity index (χ3n) is 5.65. The molecule has 19 heavy (non-hydrogen) atoms. The Kier molecular flexibility index (Phi) is 3.81. The lowest BCUT2D eigenvalue weighted by atomic mass is 9.54. The molecule has 0 saturated heterocycles. The van der Waals surface area contributed by atoms with Crippen molar-refractivity contribution < 1.29 is 17.7 Å². The second kappa shape index (κ2) is 5.41. The molecule has 1 aromatic rings. The SMILES string of the molecule is [Cl-].c1cncc(C[NH2+]C2C3CC4CC(C3)CC2C4)c1. The van der Waals surface area contributed by atoms with E-state index in [2.05, 4.69) is 22.4 Å². The minimum atomic E-state index is 0. The molecular weight excluding hydrogens is 256 g/mol. The third-order valence-corrected chi connectivity index (χ3v) is 5.65. The van der Waals surface area contributed by atoms with Crippen molar-refractivity contribution in [3.05, 3.63) is 30.1 Å². The van der Waals surface area contributed by atoms with Crippen molar-refractivity contribution in [2.75, 3.05) is 0 Å². The molecule has 0 radical (unpaired) electrons. The van der Waals surface area contributed by atoms with Gasteiger partial charge in [-0.3, -0.25) is 4.98 Å². The summed E-state index contributed by atoms with van der Waals surface area (Å²) in [5.74, 6) is 4.24. The van der Waals surface area contributed by atoms with Gasteiger partial charge in [0.05, 0.1) is 6.04 Å². The summed E-state index contributed by atoms with van der Waals surface area (Å²) in [5.41, 5.74) is 1.38. The Morgan fingerprint density at radius 2 is 1.74 bits per heavy atom. The Balaban J connectivity index is 0.00000110. The first-order valence-electron chi connectivity index (χ1n) is 7.60. The molecule has 5 rings (SSSR count). The van der Waals surface area contributed by atoms with E-state index >= 15 is 0 Å². The molecular formula is C16H23ClN2. The second-order valence-electron chi connectivity index (χ2n) is 6.81. The standard InChI is InChI=1S/C16H22N2.ClH/c1-2-11(9-17-3-1)10-18-16-14-5-12-4-13(7-14)8-15(16)6-12;/h1-3,9,12-16,18H,4-8,10H2;1H. The maximum Gasteiger partial charge on any atom is 0.103 e. The van der Waals surface area contributed by atoms with Crippen LogP contribution in [-0.2, 0) is 6.54 Å². The van der Waals surface area contributed by atoms with Crippen LogP contribution >= 0.6 is 0 Å². The topological polar surface area (TPSA) is 29.5 Å². The zero-order valence-corrected chi connectivity index (χ0v) is 12.1. The average molecular weight is 279 g/mol. The molecule has 2 N–H and O–H groups in total. The van der Waals surface area contributed by atoms with Crippen LogP contribution in [0.3, 0.4) is 0 Å². The second-order valence-corrected chi connectivity index (χ2v) is 6.81. The van der Waals surface area contributed by atoms with Gasteiger partial charge in [0.1, 0.15) is 6.54 Å². The van der Waals surface area contributed by atoms with E-state index in [1.165, 1.54) is 31.2 Å². The minimum absolute atomic E-state index is 0. The Labute approximate surface area is 121 Å². The van der Waals surface area contributed by atoms with Gasteiger partial charge in [-0.2, -0.15) is 0 Å². The Morgan fingerprint density at radius 1 is 1.05 bits per heavy atom. The molecule has 0 amide bonds. The molecule has 3 heteroatoms. The third kappa shape index (κ3) is 2.53. The summed E-state index contributed by atoms with van der Waals surface area (Å²) >= 11 is 0. The quantitative estimate of drug-likeness (QED) is 0.753.